The first kappa shape index (κ1) is 7.04. The third kappa shape index (κ3) is 0.956. The Morgan fingerprint density at radius 3 is 3.00 bits per heavy atom. The third-order valence-corrected chi connectivity index (χ3v) is 3.15. The van der Waals surface area contributed by atoms with Crippen LogP contribution in [0.5, 0.6) is 0 Å². The normalized spacial score (nSPS) is 11.1. The average Bonchev–Trinajstić information content (AvgIpc) is 2.65. The van der Waals surface area contributed by atoms with Crippen molar-refractivity contribution in [3.05, 3.63) is 41.9 Å². The number of fused-ring (bicyclic) bond motifs is 3. The molecular weight excluding hydrogens is 178 g/mol. The van der Waals surface area contributed by atoms with E-state index in [-0.39, 0.29) is 0 Å². The van der Waals surface area contributed by atoms with Crippen molar-refractivity contribution < 1.29 is 0 Å². The molecule has 0 atom stereocenters. The SMILES string of the molecule is c1ccc2c(c1)ncc1ccsc12. The van der Waals surface area contributed by atoms with Crippen LogP contribution in [0.3, 0.4) is 0 Å². The van der Waals surface area contributed by atoms with Gasteiger partial charge in [0.2, 0.25) is 0 Å². The highest BCUT2D eigenvalue weighted by Crippen LogP contribution is 2.27. The minimum Gasteiger partial charge on any atom is -0.256 e. The molecule has 2 heterocycles. The van der Waals surface area contributed by atoms with Crippen molar-refractivity contribution in [3.8, 4) is 0 Å². The Labute approximate surface area is 79.7 Å². The first-order chi connectivity index (χ1) is 6.45. The number of hydrogen-bond acceptors (Lipinski definition) is 2. The molecule has 0 saturated heterocycles. The van der Waals surface area contributed by atoms with E-state index < -0.39 is 0 Å². The van der Waals surface area contributed by atoms with Crippen LogP contribution in [0.15, 0.2) is 41.9 Å². The molecule has 2 heteroatoms. The zero-order chi connectivity index (χ0) is 8.67. The van der Waals surface area contributed by atoms with Gasteiger partial charge >= 0.3 is 0 Å². The Kier molecular flexibility index (Phi) is 1.37. The van der Waals surface area contributed by atoms with E-state index in [9.17, 15) is 0 Å². The highest BCUT2D eigenvalue weighted by atomic mass is 32.1. The Morgan fingerprint density at radius 2 is 2.00 bits per heavy atom. The molecule has 0 aliphatic heterocycles. The summed E-state index contributed by atoms with van der Waals surface area (Å²) < 4.78 is 1.34. The summed E-state index contributed by atoms with van der Waals surface area (Å²) in [5.74, 6) is 0. The second-order valence-electron chi connectivity index (χ2n) is 2.98. The number of hydrogen-bond donors (Lipinski definition) is 0. The fourth-order valence-corrected chi connectivity index (χ4v) is 2.46. The van der Waals surface area contributed by atoms with E-state index in [1.165, 1.54) is 15.5 Å². The molecule has 0 spiro atoms. The van der Waals surface area contributed by atoms with E-state index in [0.29, 0.717) is 0 Å². The number of pyridine rings is 1. The van der Waals surface area contributed by atoms with Crippen LogP contribution in [0.2, 0.25) is 0 Å². The number of nitrogens with zero attached hydrogens (tertiary/aromatic N) is 1. The molecule has 1 nitrogen and oxygen atoms in total. The summed E-state index contributed by atoms with van der Waals surface area (Å²) in [6.45, 7) is 0. The zero-order valence-electron chi connectivity index (χ0n) is 6.90. The molecule has 3 rings (SSSR count). The molecular formula is C11H7NS. The number of para-hydroxylation sites is 1. The number of thiophene rings is 1. The average molecular weight is 185 g/mol. The molecule has 0 radical (unpaired) electrons. The maximum atomic E-state index is 4.39. The Hall–Kier alpha value is -1.41. The molecule has 1 aromatic carbocycles. The lowest BCUT2D eigenvalue weighted by atomic mass is 10.2. The van der Waals surface area contributed by atoms with Gasteiger partial charge in [-0.1, -0.05) is 18.2 Å². The van der Waals surface area contributed by atoms with E-state index >= 15 is 0 Å². The number of rotatable bonds is 0. The van der Waals surface area contributed by atoms with Crippen molar-refractivity contribution >= 4 is 32.3 Å². The molecule has 0 aliphatic carbocycles. The Morgan fingerprint density at radius 1 is 1.08 bits per heavy atom. The molecule has 3 aromatic rings. The Bertz CT molecular complexity index is 568. The fourth-order valence-electron chi connectivity index (χ4n) is 1.56. The molecule has 0 saturated carbocycles. The van der Waals surface area contributed by atoms with Crippen molar-refractivity contribution in [1.82, 2.24) is 4.98 Å². The summed E-state index contributed by atoms with van der Waals surface area (Å²) in [5, 5.41) is 4.61. The lowest BCUT2D eigenvalue weighted by Crippen LogP contribution is -1.76. The van der Waals surface area contributed by atoms with Gasteiger partial charge in [0, 0.05) is 21.7 Å². The van der Waals surface area contributed by atoms with Crippen molar-refractivity contribution in [2.75, 3.05) is 0 Å². The van der Waals surface area contributed by atoms with Gasteiger partial charge in [0.15, 0.2) is 0 Å². The van der Waals surface area contributed by atoms with Crippen molar-refractivity contribution in [2.24, 2.45) is 0 Å². The molecule has 0 unspecified atom stereocenters. The highest BCUT2D eigenvalue weighted by molar-refractivity contribution is 7.18. The topological polar surface area (TPSA) is 12.9 Å². The highest BCUT2D eigenvalue weighted by Gasteiger charge is 2.00. The van der Waals surface area contributed by atoms with Gasteiger partial charge in [0.05, 0.1) is 5.52 Å². The third-order valence-electron chi connectivity index (χ3n) is 2.19. The summed E-state index contributed by atoms with van der Waals surface area (Å²) in [5.41, 5.74) is 1.08. The lowest BCUT2D eigenvalue weighted by molar-refractivity contribution is 1.45. The maximum absolute atomic E-state index is 4.39. The molecule has 2 aromatic heterocycles. The van der Waals surface area contributed by atoms with E-state index in [2.05, 4.69) is 34.6 Å². The van der Waals surface area contributed by atoms with E-state index in [1.54, 1.807) is 11.3 Å². The van der Waals surface area contributed by atoms with Crippen LogP contribution in [0.25, 0.3) is 21.0 Å². The monoisotopic (exact) mass is 185 g/mol. The minimum atomic E-state index is 1.08. The van der Waals surface area contributed by atoms with Crippen molar-refractivity contribution in [1.29, 1.82) is 0 Å². The summed E-state index contributed by atoms with van der Waals surface area (Å²) >= 11 is 1.78. The molecule has 13 heavy (non-hydrogen) atoms. The largest absolute Gasteiger partial charge is 0.256 e. The van der Waals surface area contributed by atoms with Gasteiger partial charge in [-0.05, 0) is 17.5 Å². The summed E-state index contributed by atoms with van der Waals surface area (Å²) in [4.78, 5) is 4.39. The Balaban J connectivity index is 2.65. The second kappa shape index (κ2) is 2.54. The van der Waals surface area contributed by atoms with Gasteiger partial charge in [0.25, 0.3) is 0 Å². The van der Waals surface area contributed by atoms with Crippen molar-refractivity contribution in [3.63, 3.8) is 0 Å². The van der Waals surface area contributed by atoms with Crippen LogP contribution < -0.4 is 0 Å². The number of aromatic nitrogens is 1. The van der Waals surface area contributed by atoms with E-state index in [0.717, 1.165) is 5.52 Å². The lowest BCUT2D eigenvalue weighted by Gasteiger charge is -1.96. The first-order valence-corrected chi connectivity index (χ1v) is 5.04. The van der Waals surface area contributed by atoms with E-state index in [4.69, 9.17) is 0 Å². The van der Waals surface area contributed by atoms with E-state index in [1.807, 2.05) is 12.3 Å². The quantitative estimate of drug-likeness (QED) is 0.522. The smallest absolute Gasteiger partial charge is 0.0716 e. The van der Waals surface area contributed by atoms with Gasteiger partial charge in [-0.2, -0.15) is 0 Å². The predicted molar refractivity (Wildman–Crippen MR) is 57.1 cm³/mol. The first-order valence-electron chi connectivity index (χ1n) is 4.16. The van der Waals surface area contributed by atoms with Crippen molar-refractivity contribution in [2.45, 2.75) is 0 Å². The molecule has 0 N–H and O–H groups in total. The van der Waals surface area contributed by atoms with Gasteiger partial charge in [-0.25, -0.2) is 0 Å². The second-order valence-corrected chi connectivity index (χ2v) is 3.90. The molecule has 0 aliphatic rings. The predicted octanol–water partition coefficient (Wildman–Crippen LogP) is 3.45. The number of benzene rings is 1. The van der Waals surface area contributed by atoms with Gasteiger partial charge in [0.1, 0.15) is 0 Å². The van der Waals surface area contributed by atoms with Crippen LogP contribution in [-0.4, -0.2) is 4.98 Å². The minimum absolute atomic E-state index is 1.08. The van der Waals surface area contributed by atoms with Crippen LogP contribution in [0.4, 0.5) is 0 Å². The fraction of sp³-hybridized carbons (Fsp3) is 0. The zero-order valence-corrected chi connectivity index (χ0v) is 7.71. The maximum Gasteiger partial charge on any atom is 0.0716 e. The van der Waals surface area contributed by atoms with Crippen LogP contribution in [-0.2, 0) is 0 Å². The molecule has 0 fully saturated rings. The molecule has 0 bridgehead atoms. The van der Waals surface area contributed by atoms with Crippen LogP contribution in [0.1, 0.15) is 0 Å². The van der Waals surface area contributed by atoms with Gasteiger partial charge in [-0.3, -0.25) is 4.98 Å². The van der Waals surface area contributed by atoms with Gasteiger partial charge in [-0.15, -0.1) is 11.3 Å². The van der Waals surface area contributed by atoms with Crippen LogP contribution >= 0.6 is 11.3 Å². The molecule has 0 amide bonds. The summed E-state index contributed by atoms with van der Waals surface area (Å²) in [6.07, 6.45) is 1.94. The van der Waals surface area contributed by atoms with Crippen LogP contribution in [0, 0.1) is 0 Å². The summed E-state index contributed by atoms with van der Waals surface area (Å²) in [6, 6.07) is 10.4. The van der Waals surface area contributed by atoms with Gasteiger partial charge < -0.3 is 0 Å². The summed E-state index contributed by atoms with van der Waals surface area (Å²) in [7, 11) is 0. The standard InChI is InChI=1S/C11H7NS/c1-2-4-10-9(3-1)11-8(7-12-10)5-6-13-11/h1-7H. The molecule has 62 valence electrons.